The highest BCUT2D eigenvalue weighted by atomic mass is 19.1. The van der Waals surface area contributed by atoms with Gasteiger partial charge in [-0.05, 0) is 24.7 Å². The predicted octanol–water partition coefficient (Wildman–Crippen LogP) is 0.444. The summed E-state index contributed by atoms with van der Waals surface area (Å²) in [5.41, 5.74) is 6.45. The molecule has 1 aliphatic heterocycles. The normalized spacial score (nSPS) is 19.9. The fourth-order valence-corrected chi connectivity index (χ4v) is 2.45. The number of hydrogen-bond acceptors (Lipinski definition) is 4. The maximum atomic E-state index is 12.9. The molecule has 0 bridgehead atoms. The molecule has 116 valence electrons. The van der Waals surface area contributed by atoms with E-state index in [-0.39, 0.29) is 17.8 Å². The largest absolute Gasteiger partial charge is 0.378 e. The quantitative estimate of drug-likeness (QED) is 0.827. The summed E-state index contributed by atoms with van der Waals surface area (Å²) in [5, 5.41) is 0. The van der Waals surface area contributed by atoms with Gasteiger partial charge in [0.2, 0.25) is 5.91 Å². The molecule has 1 aliphatic rings. The van der Waals surface area contributed by atoms with Crippen LogP contribution in [0.3, 0.4) is 0 Å². The van der Waals surface area contributed by atoms with E-state index in [2.05, 4.69) is 9.80 Å². The van der Waals surface area contributed by atoms with Gasteiger partial charge in [-0.1, -0.05) is 12.1 Å². The molecule has 0 aromatic heterocycles. The van der Waals surface area contributed by atoms with Gasteiger partial charge in [-0.25, -0.2) is 4.39 Å². The van der Waals surface area contributed by atoms with Crippen LogP contribution in [-0.4, -0.2) is 61.6 Å². The first-order chi connectivity index (χ1) is 10.1. The Balaban J connectivity index is 1.81. The van der Waals surface area contributed by atoms with Crippen LogP contribution in [0.15, 0.2) is 24.3 Å². The van der Waals surface area contributed by atoms with Crippen LogP contribution >= 0.6 is 0 Å². The predicted molar refractivity (Wildman–Crippen MR) is 78.1 cm³/mol. The van der Waals surface area contributed by atoms with E-state index in [1.807, 2.05) is 7.05 Å². The smallest absolute Gasteiger partial charge is 0.237 e. The van der Waals surface area contributed by atoms with Gasteiger partial charge >= 0.3 is 0 Å². The summed E-state index contributed by atoms with van der Waals surface area (Å²) in [6.45, 7) is 4.03. The minimum absolute atomic E-state index is 0.223. The average Bonchev–Trinajstić information content (AvgIpc) is 2.48. The summed E-state index contributed by atoms with van der Waals surface area (Å²) in [5.74, 6) is -0.560. The van der Waals surface area contributed by atoms with Crippen LogP contribution < -0.4 is 5.73 Å². The minimum atomic E-state index is -0.337. The van der Waals surface area contributed by atoms with Gasteiger partial charge in [0.05, 0.1) is 13.2 Å². The first-order valence-corrected chi connectivity index (χ1v) is 7.10. The van der Waals surface area contributed by atoms with Crippen molar-refractivity contribution in [1.82, 2.24) is 9.80 Å². The third-order valence-corrected chi connectivity index (χ3v) is 3.70. The molecule has 1 heterocycles. The summed E-state index contributed by atoms with van der Waals surface area (Å²) >= 11 is 0. The molecule has 1 aromatic rings. The Hall–Kier alpha value is -1.50. The zero-order valence-electron chi connectivity index (χ0n) is 12.3. The van der Waals surface area contributed by atoms with Gasteiger partial charge in [0.15, 0.2) is 0 Å². The fourth-order valence-electron chi connectivity index (χ4n) is 2.45. The van der Waals surface area contributed by atoms with Gasteiger partial charge in [-0.15, -0.1) is 0 Å². The maximum Gasteiger partial charge on any atom is 0.237 e. The minimum Gasteiger partial charge on any atom is -0.378 e. The highest BCUT2D eigenvalue weighted by Gasteiger charge is 2.27. The van der Waals surface area contributed by atoms with E-state index in [9.17, 15) is 9.18 Å². The molecule has 1 saturated heterocycles. The second-order valence-electron chi connectivity index (χ2n) is 5.39. The van der Waals surface area contributed by atoms with Crippen LogP contribution in [0.5, 0.6) is 0 Å². The topological polar surface area (TPSA) is 58.8 Å². The van der Waals surface area contributed by atoms with Crippen molar-refractivity contribution in [3.8, 4) is 0 Å². The molecule has 0 saturated carbocycles. The maximum absolute atomic E-state index is 12.9. The van der Waals surface area contributed by atoms with Crippen molar-refractivity contribution in [3.05, 3.63) is 35.6 Å². The van der Waals surface area contributed by atoms with Crippen LogP contribution in [0, 0.1) is 5.82 Å². The summed E-state index contributed by atoms with van der Waals surface area (Å²) in [6.07, 6.45) is 0. The first kappa shape index (κ1) is 15.9. The van der Waals surface area contributed by atoms with E-state index < -0.39 is 0 Å². The second kappa shape index (κ2) is 7.49. The lowest BCUT2D eigenvalue weighted by Crippen LogP contribution is -2.53. The van der Waals surface area contributed by atoms with Crippen molar-refractivity contribution >= 4 is 5.91 Å². The van der Waals surface area contributed by atoms with Crippen molar-refractivity contribution < 1.29 is 13.9 Å². The van der Waals surface area contributed by atoms with E-state index in [1.165, 1.54) is 12.1 Å². The number of carbonyl (C=O) groups excluding carboxylic acids is 1. The molecule has 0 spiro atoms. The summed E-state index contributed by atoms with van der Waals surface area (Å²) in [7, 11) is 2.00. The number of carbonyl (C=O) groups is 1. The number of hydrogen-bond donors (Lipinski definition) is 1. The highest BCUT2D eigenvalue weighted by Crippen LogP contribution is 2.08. The number of likely N-dealkylation sites (N-methyl/N-ethyl adjacent to an activating group) is 1. The van der Waals surface area contributed by atoms with Gasteiger partial charge in [-0.2, -0.15) is 0 Å². The monoisotopic (exact) mass is 295 g/mol. The van der Waals surface area contributed by atoms with Gasteiger partial charge in [0.25, 0.3) is 0 Å². The number of ether oxygens (including phenoxy) is 1. The summed E-state index contributed by atoms with van der Waals surface area (Å²) < 4.78 is 18.2. The Morgan fingerprint density at radius 1 is 1.48 bits per heavy atom. The van der Waals surface area contributed by atoms with Crippen LogP contribution in [-0.2, 0) is 16.1 Å². The van der Waals surface area contributed by atoms with E-state index in [0.717, 1.165) is 31.7 Å². The Bertz CT molecular complexity index is 466. The molecule has 2 N–H and O–H groups in total. The number of benzene rings is 1. The molecule has 1 fully saturated rings. The van der Waals surface area contributed by atoms with E-state index in [1.54, 1.807) is 12.1 Å². The summed E-state index contributed by atoms with van der Waals surface area (Å²) in [4.78, 5) is 15.6. The standard InChI is InChI=1S/C15H22FN3O2/c1-18(10-12-2-4-13(16)5-3-12)6-7-19-8-9-21-11-14(19)15(17)20/h2-5,14H,6-11H2,1H3,(H2,17,20)/t14-/m0/s1. The van der Waals surface area contributed by atoms with E-state index >= 15 is 0 Å². The average molecular weight is 295 g/mol. The molecule has 6 heteroatoms. The molecule has 1 atom stereocenters. The molecule has 0 aliphatic carbocycles. The van der Waals surface area contributed by atoms with Crippen molar-refractivity contribution in [2.75, 3.05) is 39.9 Å². The Morgan fingerprint density at radius 3 is 2.86 bits per heavy atom. The van der Waals surface area contributed by atoms with E-state index in [0.29, 0.717) is 13.2 Å². The van der Waals surface area contributed by atoms with Crippen molar-refractivity contribution in [2.24, 2.45) is 5.73 Å². The number of morpholine rings is 1. The van der Waals surface area contributed by atoms with Gasteiger partial charge < -0.3 is 15.4 Å². The SMILES string of the molecule is CN(CCN1CCOC[C@H]1C(N)=O)Cc1ccc(F)cc1. The zero-order valence-corrected chi connectivity index (χ0v) is 12.3. The van der Waals surface area contributed by atoms with Crippen molar-refractivity contribution in [3.63, 3.8) is 0 Å². The van der Waals surface area contributed by atoms with Crippen molar-refractivity contribution in [2.45, 2.75) is 12.6 Å². The number of nitrogens with two attached hydrogens (primary N) is 1. The van der Waals surface area contributed by atoms with Crippen molar-refractivity contribution in [1.29, 1.82) is 0 Å². The molecule has 0 radical (unpaired) electrons. The Labute approximate surface area is 124 Å². The Morgan fingerprint density at radius 2 is 2.19 bits per heavy atom. The lowest BCUT2D eigenvalue weighted by atomic mass is 10.2. The number of rotatable bonds is 6. The Kier molecular flexibility index (Phi) is 5.67. The van der Waals surface area contributed by atoms with Crippen LogP contribution in [0.1, 0.15) is 5.56 Å². The first-order valence-electron chi connectivity index (χ1n) is 7.10. The second-order valence-corrected chi connectivity index (χ2v) is 5.39. The molecule has 5 nitrogen and oxygen atoms in total. The molecule has 2 rings (SSSR count). The number of nitrogens with zero attached hydrogens (tertiary/aromatic N) is 2. The van der Waals surface area contributed by atoms with Gasteiger partial charge in [0.1, 0.15) is 11.9 Å². The molecular weight excluding hydrogens is 273 g/mol. The number of amides is 1. The van der Waals surface area contributed by atoms with E-state index in [4.69, 9.17) is 10.5 Å². The lowest BCUT2D eigenvalue weighted by molar-refractivity contribution is -0.129. The third-order valence-electron chi connectivity index (χ3n) is 3.70. The fraction of sp³-hybridized carbons (Fsp3) is 0.533. The van der Waals surface area contributed by atoms with Gasteiger partial charge in [0, 0.05) is 26.2 Å². The summed E-state index contributed by atoms with van der Waals surface area (Å²) in [6, 6.07) is 6.17. The number of primary amides is 1. The third kappa shape index (κ3) is 4.77. The lowest BCUT2D eigenvalue weighted by Gasteiger charge is -2.34. The highest BCUT2D eigenvalue weighted by molar-refractivity contribution is 5.80. The van der Waals surface area contributed by atoms with Crippen LogP contribution in [0.2, 0.25) is 0 Å². The molecular formula is C15H22FN3O2. The van der Waals surface area contributed by atoms with Gasteiger partial charge in [-0.3, -0.25) is 9.69 Å². The zero-order chi connectivity index (χ0) is 15.2. The molecule has 1 amide bonds. The van der Waals surface area contributed by atoms with Crippen LogP contribution in [0.4, 0.5) is 4.39 Å². The molecule has 1 aromatic carbocycles. The number of halogens is 1. The van der Waals surface area contributed by atoms with Crippen LogP contribution in [0.25, 0.3) is 0 Å². The molecule has 0 unspecified atom stereocenters. The molecule has 21 heavy (non-hydrogen) atoms.